The number of benzene rings is 3. The van der Waals surface area contributed by atoms with Gasteiger partial charge in [-0.15, -0.1) is 0 Å². The van der Waals surface area contributed by atoms with E-state index in [0.29, 0.717) is 17.0 Å². The van der Waals surface area contributed by atoms with E-state index < -0.39 is 28.8 Å². The Kier molecular flexibility index (Phi) is 5.43. The van der Waals surface area contributed by atoms with Gasteiger partial charge in [0, 0.05) is 12.1 Å². The van der Waals surface area contributed by atoms with Crippen LogP contribution in [0.3, 0.4) is 0 Å². The van der Waals surface area contributed by atoms with Gasteiger partial charge in [-0.25, -0.2) is 13.2 Å². The fourth-order valence-electron chi connectivity index (χ4n) is 3.45. The van der Waals surface area contributed by atoms with Gasteiger partial charge in [-0.2, -0.15) is 4.31 Å². The number of nitrogens with one attached hydrogen (secondary N) is 1. The van der Waals surface area contributed by atoms with Crippen LogP contribution in [-0.4, -0.2) is 30.4 Å². The second-order valence-corrected chi connectivity index (χ2v) is 8.66. The molecule has 7 nitrogen and oxygen atoms in total. The highest BCUT2D eigenvalue weighted by Gasteiger charge is 2.39. The number of para-hydroxylation sites is 2. The van der Waals surface area contributed by atoms with E-state index in [1.165, 1.54) is 4.31 Å². The van der Waals surface area contributed by atoms with Gasteiger partial charge in [0.1, 0.15) is 16.8 Å². The Morgan fingerprint density at radius 3 is 2.40 bits per heavy atom. The topological polar surface area (TPSA) is 95.9 Å². The zero-order valence-electron chi connectivity index (χ0n) is 15.9. The molecule has 3 aromatic carbocycles. The molecule has 2 N–H and O–H groups in total. The first kappa shape index (κ1) is 19.9. The predicted molar refractivity (Wildman–Crippen MR) is 112 cm³/mol. The number of anilines is 1. The van der Waals surface area contributed by atoms with Crippen LogP contribution >= 0.6 is 0 Å². The monoisotopic (exact) mass is 424 g/mol. The highest BCUT2D eigenvalue weighted by molar-refractivity contribution is 7.89. The molecule has 0 aromatic heterocycles. The summed E-state index contributed by atoms with van der Waals surface area (Å²) in [5.74, 6) is -0.800. The first-order valence-electron chi connectivity index (χ1n) is 9.31. The molecule has 4 rings (SSSR count). The van der Waals surface area contributed by atoms with Crippen molar-refractivity contribution in [3.63, 3.8) is 0 Å². The average Bonchev–Trinajstić information content (AvgIpc) is 2.75. The average molecular weight is 424 g/mol. The Labute approximate surface area is 174 Å². The normalized spacial score (nSPS) is 17.5. The van der Waals surface area contributed by atoms with E-state index in [4.69, 9.17) is 9.84 Å². The summed E-state index contributed by atoms with van der Waals surface area (Å²) in [7, 11) is -3.83. The maximum atomic E-state index is 13.5. The molecule has 1 aliphatic heterocycles. The summed E-state index contributed by atoms with van der Waals surface area (Å²) in [6.45, 7) is -0.381. The van der Waals surface area contributed by atoms with Crippen molar-refractivity contribution in [2.24, 2.45) is 0 Å². The lowest BCUT2D eigenvalue weighted by molar-refractivity contribution is -0.139. The molecular weight excluding hydrogens is 404 g/mol. The number of rotatable bonds is 6. The minimum atomic E-state index is -3.83. The number of hydrogen-bond donors (Lipinski definition) is 2. The predicted octanol–water partition coefficient (Wildman–Crippen LogP) is 3.47. The van der Waals surface area contributed by atoms with Crippen molar-refractivity contribution < 1.29 is 23.1 Å². The SMILES string of the molecule is O=C(O)COc1ccccc1[C@@H]1Nc2ccccc2S(=O)(=O)N1Cc1ccccc1. The van der Waals surface area contributed by atoms with Crippen molar-refractivity contribution in [3.05, 3.63) is 90.0 Å². The number of carboxylic acids is 1. The van der Waals surface area contributed by atoms with Crippen molar-refractivity contribution in [2.45, 2.75) is 17.6 Å². The zero-order valence-corrected chi connectivity index (χ0v) is 16.7. The Hall–Kier alpha value is -3.36. The Morgan fingerprint density at radius 2 is 1.63 bits per heavy atom. The molecule has 0 saturated heterocycles. The van der Waals surface area contributed by atoms with Gasteiger partial charge < -0.3 is 15.2 Å². The van der Waals surface area contributed by atoms with E-state index >= 15 is 0 Å². The number of aliphatic carboxylic acids is 1. The van der Waals surface area contributed by atoms with E-state index in [2.05, 4.69) is 5.32 Å². The first-order valence-corrected chi connectivity index (χ1v) is 10.8. The van der Waals surface area contributed by atoms with E-state index in [1.807, 2.05) is 30.3 Å². The van der Waals surface area contributed by atoms with Gasteiger partial charge >= 0.3 is 5.97 Å². The van der Waals surface area contributed by atoms with Gasteiger partial charge in [-0.3, -0.25) is 0 Å². The lowest BCUT2D eigenvalue weighted by atomic mass is 10.1. The molecular formula is C22H20N2O5S. The molecule has 8 heteroatoms. The second kappa shape index (κ2) is 8.17. The smallest absolute Gasteiger partial charge is 0.341 e. The standard InChI is InChI=1S/C22H20N2O5S/c25-21(26)15-29-19-12-6-4-10-17(19)22-23-18-11-5-7-13-20(18)30(27,28)24(22)14-16-8-2-1-3-9-16/h1-13,22-23H,14-15H2,(H,25,26)/t22-/m1/s1. The van der Waals surface area contributed by atoms with E-state index in [-0.39, 0.29) is 11.4 Å². The van der Waals surface area contributed by atoms with Gasteiger partial charge in [0.15, 0.2) is 6.61 Å². The minimum absolute atomic E-state index is 0.141. The molecule has 0 spiro atoms. The molecule has 154 valence electrons. The number of fused-ring (bicyclic) bond motifs is 1. The maximum Gasteiger partial charge on any atom is 0.341 e. The summed E-state index contributed by atoms with van der Waals surface area (Å²) >= 11 is 0. The summed E-state index contributed by atoms with van der Waals surface area (Å²) < 4.78 is 33.9. The molecule has 0 fully saturated rings. The van der Waals surface area contributed by atoms with Crippen LogP contribution in [0, 0.1) is 0 Å². The lowest BCUT2D eigenvalue weighted by Gasteiger charge is -2.38. The van der Waals surface area contributed by atoms with Crippen molar-refractivity contribution >= 4 is 21.7 Å². The van der Waals surface area contributed by atoms with Gasteiger partial charge in [0.25, 0.3) is 0 Å². The lowest BCUT2D eigenvalue weighted by Crippen LogP contribution is -2.42. The summed E-state index contributed by atoms with van der Waals surface area (Å²) in [4.78, 5) is 11.2. The Morgan fingerprint density at radius 1 is 0.967 bits per heavy atom. The quantitative estimate of drug-likeness (QED) is 0.629. The summed E-state index contributed by atoms with van der Waals surface area (Å²) in [5.41, 5.74) is 1.85. The van der Waals surface area contributed by atoms with Crippen molar-refractivity contribution in [3.8, 4) is 5.75 Å². The summed E-state index contributed by atoms with van der Waals surface area (Å²) in [6.07, 6.45) is -0.768. The van der Waals surface area contributed by atoms with Crippen molar-refractivity contribution in [1.29, 1.82) is 0 Å². The van der Waals surface area contributed by atoms with Gasteiger partial charge in [0.05, 0.1) is 5.69 Å². The third-order valence-corrected chi connectivity index (χ3v) is 6.67. The van der Waals surface area contributed by atoms with Crippen LogP contribution in [0.4, 0.5) is 5.69 Å². The molecule has 0 amide bonds. The van der Waals surface area contributed by atoms with Crippen molar-refractivity contribution in [2.75, 3.05) is 11.9 Å². The zero-order chi connectivity index (χ0) is 21.1. The van der Waals surface area contributed by atoms with Crippen LogP contribution in [-0.2, 0) is 21.4 Å². The third-order valence-electron chi connectivity index (χ3n) is 4.80. The van der Waals surface area contributed by atoms with Gasteiger partial charge in [-0.1, -0.05) is 60.7 Å². The molecule has 0 unspecified atom stereocenters. The highest BCUT2D eigenvalue weighted by Crippen LogP contribution is 2.41. The molecule has 0 saturated carbocycles. The summed E-state index contributed by atoms with van der Waals surface area (Å²) in [6, 6.07) is 22.9. The van der Waals surface area contributed by atoms with Crippen LogP contribution in [0.5, 0.6) is 5.75 Å². The fourth-order valence-corrected chi connectivity index (χ4v) is 5.12. The van der Waals surface area contributed by atoms with Crippen LogP contribution in [0.25, 0.3) is 0 Å². The number of hydrogen-bond acceptors (Lipinski definition) is 5. The van der Waals surface area contributed by atoms with E-state index in [9.17, 15) is 13.2 Å². The Balaban J connectivity index is 1.82. The number of carbonyl (C=O) groups is 1. The highest BCUT2D eigenvalue weighted by atomic mass is 32.2. The largest absolute Gasteiger partial charge is 0.481 e. The molecule has 30 heavy (non-hydrogen) atoms. The Bertz CT molecular complexity index is 1160. The first-order chi connectivity index (χ1) is 14.5. The fraction of sp³-hybridized carbons (Fsp3) is 0.136. The van der Waals surface area contributed by atoms with Gasteiger partial charge in [0.2, 0.25) is 10.0 Å². The minimum Gasteiger partial charge on any atom is -0.481 e. The number of sulfonamides is 1. The van der Waals surface area contributed by atoms with Crippen LogP contribution < -0.4 is 10.1 Å². The maximum absolute atomic E-state index is 13.5. The van der Waals surface area contributed by atoms with E-state index in [1.54, 1.807) is 48.5 Å². The van der Waals surface area contributed by atoms with Crippen LogP contribution in [0.1, 0.15) is 17.3 Å². The molecule has 0 radical (unpaired) electrons. The number of carboxylic acid groups (broad SMARTS) is 1. The van der Waals surface area contributed by atoms with Crippen LogP contribution in [0.15, 0.2) is 83.8 Å². The molecule has 0 aliphatic carbocycles. The van der Waals surface area contributed by atoms with Crippen molar-refractivity contribution in [1.82, 2.24) is 4.31 Å². The summed E-state index contributed by atoms with van der Waals surface area (Å²) in [5, 5.41) is 12.3. The molecule has 1 aliphatic rings. The number of nitrogens with zero attached hydrogens (tertiary/aromatic N) is 1. The molecule has 0 bridgehead atoms. The van der Waals surface area contributed by atoms with Gasteiger partial charge in [-0.05, 0) is 23.8 Å². The second-order valence-electron chi connectivity index (χ2n) is 6.80. The molecule has 3 aromatic rings. The third kappa shape index (κ3) is 3.87. The molecule has 1 atom stereocenters. The number of ether oxygens (including phenoxy) is 1. The molecule has 1 heterocycles. The van der Waals surface area contributed by atoms with Crippen LogP contribution in [0.2, 0.25) is 0 Å². The van der Waals surface area contributed by atoms with E-state index in [0.717, 1.165) is 5.56 Å².